The smallest absolute Gasteiger partial charge is 0.224 e. The molecule has 0 atom stereocenters. The highest BCUT2D eigenvalue weighted by Gasteiger charge is 2.23. The molecule has 0 aliphatic heterocycles. The van der Waals surface area contributed by atoms with Gasteiger partial charge in [0.25, 0.3) is 0 Å². The van der Waals surface area contributed by atoms with Crippen LogP contribution in [0.25, 0.3) is 10.9 Å². The zero-order valence-corrected chi connectivity index (χ0v) is 20.4. The summed E-state index contributed by atoms with van der Waals surface area (Å²) in [7, 11) is 7.34. The number of anilines is 2. The zero-order chi connectivity index (χ0) is 24.1. The summed E-state index contributed by atoms with van der Waals surface area (Å²) in [6, 6.07) is 16.5. The van der Waals surface area contributed by atoms with E-state index >= 15 is 0 Å². The number of nitrogens with zero attached hydrogens (tertiary/aromatic N) is 2. The number of carbonyl (C=O) groups is 1. The lowest BCUT2D eigenvalue weighted by Gasteiger charge is -2.30. The molecule has 0 radical (unpaired) electrons. The van der Waals surface area contributed by atoms with Crippen molar-refractivity contribution in [3.05, 3.63) is 54.1 Å². The standard InChI is InChI=1S/C27H34N4O3/c1-31(2)25-17-26(30-24-8-6-5-7-23(24)25)28-19-9-11-20(12-10-19)29-27(32)15-18-13-21(33-3)16-22(14-18)34-4/h5-8,13-14,16-17,19-20H,9-12,15H2,1-4H3,(H,28,30)(H,29,32)/t19-,20+. The van der Waals surface area contributed by atoms with E-state index < -0.39 is 0 Å². The van der Waals surface area contributed by atoms with Gasteiger partial charge in [-0.15, -0.1) is 0 Å². The molecule has 1 saturated carbocycles. The number of amides is 1. The van der Waals surface area contributed by atoms with E-state index in [0.29, 0.717) is 24.0 Å². The number of hydrogen-bond acceptors (Lipinski definition) is 6. The number of nitrogens with one attached hydrogen (secondary N) is 2. The molecule has 4 rings (SSSR count). The third-order valence-electron chi connectivity index (χ3n) is 6.40. The number of para-hydroxylation sites is 1. The van der Waals surface area contributed by atoms with Crippen LogP contribution in [0.15, 0.2) is 48.5 Å². The van der Waals surface area contributed by atoms with Gasteiger partial charge in [0.1, 0.15) is 17.3 Å². The maximum absolute atomic E-state index is 12.7. The number of fused-ring (bicyclic) bond motifs is 1. The van der Waals surface area contributed by atoms with Crippen molar-refractivity contribution in [2.75, 3.05) is 38.5 Å². The Morgan fingerprint density at radius 3 is 2.26 bits per heavy atom. The van der Waals surface area contributed by atoms with Crippen molar-refractivity contribution < 1.29 is 14.3 Å². The minimum atomic E-state index is 0.0264. The molecule has 3 aromatic rings. The summed E-state index contributed by atoms with van der Waals surface area (Å²) in [5.74, 6) is 2.31. The topological polar surface area (TPSA) is 75.7 Å². The first-order valence-corrected chi connectivity index (χ1v) is 11.8. The fraction of sp³-hybridized carbons (Fsp3) is 0.407. The molecule has 180 valence electrons. The van der Waals surface area contributed by atoms with E-state index in [0.717, 1.165) is 53.7 Å². The van der Waals surface area contributed by atoms with Gasteiger partial charge >= 0.3 is 0 Å². The summed E-state index contributed by atoms with van der Waals surface area (Å²) in [4.78, 5) is 19.6. The third kappa shape index (κ3) is 5.71. The van der Waals surface area contributed by atoms with Crippen molar-refractivity contribution in [2.24, 2.45) is 0 Å². The van der Waals surface area contributed by atoms with Gasteiger partial charge in [-0.3, -0.25) is 4.79 Å². The van der Waals surface area contributed by atoms with Crippen LogP contribution >= 0.6 is 0 Å². The number of aromatic nitrogens is 1. The second-order valence-corrected chi connectivity index (χ2v) is 9.10. The van der Waals surface area contributed by atoms with Gasteiger partial charge in [0.2, 0.25) is 5.91 Å². The summed E-state index contributed by atoms with van der Waals surface area (Å²) < 4.78 is 10.6. The van der Waals surface area contributed by atoms with Crippen LogP contribution in [-0.4, -0.2) is 51.3 Å². The molecule has 2 N–H and O–H groups in total. The molecule has 1 fully saturated rings. The Morgan fingerprint density at radius 1 is 0.971 bits per heavy atom. The highest BCUT2D eigenvalue weighted by Crippen LogP contribution is 2.29. The fourth-order valence-electron chi connectivity index (χ4n) is 4.62. The van der Waals surface area contributed by atoms with Gasteiger partial charge in [-0.2, -0.15) is 0 Å². The lowest BCUT2D eigenvalue weighted by molar-refractivity contribution is -0.121. The molecule has 0 saturated heterocycles. The van der Waals surface area contributed by atoms with E-state index in [9.17, 15) is 4.79 Å². The molecule has 0 bridgehead atoms. The minimum Gasteiger partial charge on any atom is -0.497 e. The normalized spacial score (nSPS) is 17.8. The van der Waals surface area contributed by atoms with Gasteiger partial charge < -0.3 is 25.0 Å². The number of ether oxygens (including phenoxy) is 2. The fourth-order valence-corrected chi connectivity index (χ4v) is 4.62. The first-order valence-electron chi connectivity index (χ1n) is 11.8. The van der Waals surface area contributed by atoms with Crippen LogP contribution in [0.2, 0.25) is 0 Å². The van der Waals surface area contributed by atoms with Gasteiger partial charge in [0.15, 0.2) is 0 Å². The predicted octanol–water partition coefficient (Wildman–Crippen LogP) is 4.40. The Bertz CT molecular complexity index is 1120. The van der Waals surface area contributed by atoms with E-state index in [4.69, 9.17) is 14.5 Å². The Balaban J connectivity index is 1.32. The van der Waals surface area contributed by atoms with E-state index in [-0.39, 0.29) is 11.9 Å². The van der Waals surface area contributed by atoms with Crippen LogP contribution in [0.5, 0.6) is 11.5 Å². The average molecular weight is 463 g/mol. The lowest BCUT2D eigenvalue weighted by atomic mass is 9.91. The molecule has 1 aliphatic rings. The molecule has 7 heteroatoms. The molecule has 34 heavy (non-hydrogen) atoms. The maximum Gasteiger partial charge on any atom is 0.224 e. The number of pyridine rings is 1. The lowest BCUT2D eigenvalue weighted by Crippen LogP contribution is -2.40. The van der Waals surface area contributed by atoms with Gasteiger partial charge in [0, 0.05) is 49.4 Å². The van der Waals surface area contributed by atoms with Crippen molar-refractivity contribution in [1.29, 1.82) is 0 Å². The van der Waals surface area contributed by atoms with E-state index in [1.165, 1.54) is 0 Å². The Hall–Kier alpha value is -3.48. The molecule has 7 nitrogen and oxygen atoms in total. The molecule has 2 aromatic carbocycles. The number of benzene rings is 2. The van der Waals surface area contributed by atoms with Crippen molar-refractivity contribution >= 4 is 28.3 Å². The number of hydrogen-bond donors (Lipinski definition) is 2. The highest BCUT2D eigenvalue weighted by molar-refractivity contribution is 5.93. The molecule has 1 amide bonds. The maximum atomic E-state index is 12.7. The SMILES string of the molecule is COc1cc(CC(=O)N[C@H]2CC[C@@H](Nc3cc(N(C)C)c4ccccc4n3)CC2)cc(OC)c1. The summed E-state index contributed by atoms with van der Waals surface area (Å²) in [6.45, 7) is 0. The van der Waals surface area contributed by atoms with Crippen LogP contribution in [0, 0.1) is 0 Å². The number of rotatable bonds is 8. The van der Waals surface area contributed by atoms with Gasteiger partial charge in [-0.25, -0.2) is 4.98 Å². The molecule has 1 heterocycles. The minimum absolute atomic E-state index is 0.0264. The second kappa shape index (κ2) is 10.6. The van der Waals surface area contributed by atoms with Crippen molar-refractivity contribution in [3.63, 3.8) is 0 Å². The summed E-state index contributed by atoms with van der Waals surface area (Å²) in [6.07, 6.45) is 4.17. The van der Waals surface area contributed by atoms with Crippen molar-refractivity contribution in [2.45, 2.75) is 44.2 Å². The number of carbonyl (C=O) groups excluding carboxylic acids is 1. The van der Waals surface area contributed by atoms with Crippen LogP contribution in [0.3, 0.4) is 0 Å². The van der Waals surface area contributed by atoms with E-state index in [1.807, 2.05) is 30.3 Å². The molecule has 1 aromatic heterocycles. The Labute approximate surface area is 201 Å². The molecule has 0 unspecified atom stereocenters. The molecule has 1 aliphatic carbocycles. The average Bonchev–Trinajstić information content (AvgIpc) is 2.84. The van der Waals surface area contributed by atoms with Crippen LogP contribution in [-0.2, 0) is 11.2 Å². The van der Waals surface area contributed by atoms with Crippen molar-refractivity contribution in [1.82, 2.24) is 10.3 Å². The quantitative estimate of drug-likeness (QED) is 0.517. The first-order chi connectivity index (χ1) is 16.4. The van der Waals surface area contributed by atoms with Gasteiger partial charge in [0.05, 0.1) is 26.2 Å². The largest absolute Gasteiger partial charge is 0.497 e. The first kappa shape index (κ1) is 23.7. The molecule has 0 spiro atoms. The summed E-state index contributed by atoms with van der Waals surface area (Å²) >= 11 is 0. The summed E-state index contributed by atoms with van der Waals surface area (Å²) in [5, 5.41) is 7.98. The highest BCUT2D eigenvalue weighted by atomic mass is 16.5. The second-order valence-electron chi connectivity index (χ2n) is 9.10. The third-order valence-corrected chi connectivity index (χ3v) is 6.40. The van der Waals surface area contributed by atoms with Crippen molar-refractivity contribution in [3.8, 4) is 11.5 Å². The van der Waals surface area contributed by atoms with E-state index in [2.05, 4.69) is 47.8 Å². The van der Waals surface area contributed by atoms with Gasteiger partial charge in [-0.05, 0) is 49.4 Å². The number of methoxy groups -OCH3 is 2. The van der Waals surface area contributed by atoms with Gasteiger partial charge in [-0.1, -0.05) is 18.2 Å². The Kier molecular flexibility index (Phi) is 7.40. The van der Waals surface area contributed by atoms with Crippen LogP contribution in [0.4, 0.5) is 11.5 Å². The van der Waals surface area contributed by atoms with E-state index in [1.54, 1.807) is 14.2 Å². The zero-order valence-electron chi connectivity index (χ0n) is 20.4. The van der Waals surface area contributed by atoms with Crippen LogP contribution in [0.1, 0.15) is 31.2 Å². The summed E-state index contributed by atoms with van der Waals surface area (Å²) in [5.41, 5.74) is 3.03. The monoisotopic (exact) mass is 462 g/mol. The predicted molar refractivity (Wildman–Crippen MR) is 137 cm³/mol. The Morgan fingerprint density at radius 2 is 1.62 bits per heavy atom. The van der Waals surface area contributed by atoms with Crippen LogP contribution < -0.4 is 25.0 Å². The molecular formula is C27H34N4O3. The molecular weight excluding hydrogens is 428 g/mol.